The van der Waals surface area contributed by atoms with Gasteiger partial charge in [-0.15, -0.1) is 10.2 Å². The number of nitrogens with two attached hydrogens (primary N) is 1. The Morgan fingerprint density at radius 3 is 2.66 bits per heavy atom. The topological polar surface area (TPSA) is 116 Å². The molecule has 2 heterocycles. The monoisotopic (exact) mass is 413 g/mol. The molecule has 1 atom stereocenters. The van der Waals surface area contributed by atoms with Crippen molar-refractivity contribution in [2.45, 2.75) is 43.6 Å². The number of aryl methyl sites for hydroxylation is 2. The van der Waals surface area contributed by atoms with Crippen molar-refractivity contribution in [3.05, 3.63) is 59.8 Å². The van der Waals surface area contributed by atoms with Crippen LogP contribution >= 0.6 is 11.8 Å². The second-order valence-corrected chi connectivity index (χ2v) is 7.95. The van der Waals surface area contributed by atoms with Gasteiger partial charge >= 0.3 is 0 Å². The van der Waals surface area contributed by atoms with E-state index in [1.807, 2.05) is 48.7 Å². The normalized spacial score (nSPS) is 11.9. The van der Waals surface area contributed by atoms with Gasteiger partial charge in [-0.1, -0.05) is 29.5 Å². The molecule has 0 saturated heterocycles. The number of rotatable bonds is 9. The second kappa shape index (κ2) is 9.42. The van der Waals surface area contributed by atoms with E-state index < -0.39 is 11.2 Å². The smallest absolute Gasteiger partial charge is 0.237 e. The number of carbonyl (C=O) groups is 2. The first-order chi connectivity index (χ1) is 13.9. The molecule has 0 saturated carbocycles. The van der Waals surface area contributed by atoms with Crippen LogP contribution in [0, 0.1) is 6.92 Å². The number of hydrogen-bond acceptors (Lipinski definition) is 6. The highest BCUT2D eigenvalue weighted by atomic mass is 32.2. The summed E-state index contributed by atoms with van der Waals surface area (Å²) in [6.45, 7) is 4.21. The van der Waals surface area contributed by atoms with Crippen LogP contribution in [-0.4, -0.2) is 31.8 Å². The Balaban J connectivity index is 1.73. The molecule has 3 rings (SSSR count). The number of furan rings is 1. The highest BCUT2D eigenvalue weighted by molar-refractivity contribution is 8.00. The minimum absolute atomic E-state index is 0.134. The largest absolute Gasteiger partial charge is 0.467 e. The first kappa shape index (κ1) is 20.7. The molecule has 0 fully saturated rings. The molecular weight excluding hydrogens is 390 g/mol. The van der Waals surface area contributed by atoms with Gasteiger partial charge < -0.3 is 15.5 Å². The zero-order chi connectivity index (χ0) is 20.8. The maximum atomic E-state index is 12.6. The van der Waals surface area contributed by atoms with Crippen LogP contribution in [0.5, 0.6) is 0 Å². The first-order valence-electron chi connectivity index (χ1n) is 9.19. The lowest BCUT2D eigenvalue weighted by atomic mass is 10.2. The lowest BCUT2D eigenvalue weighted by Crippen LogP contribution is -2.23. The molecular formula is C20H23N5O3S. The molecule has 0 radical (unpaired) electrons. The number of thioether (sulfide) groups is 1. The number of carbonyl (C=O) groups excluding carboxylic acids is 2. The van der Waals surface area contributed by atoms with E-state index in [1.54, 1.807) is 12.3 Å². The van der Waals surface area contributed by atoms with Crippen molar-refractivity contribution in [2.75, 3.05) is 5.32 Å². The van der Waals surface area contributed by atoms with Gasteiger partial charge in [0.2, 0.25) is 11.8 Å². The van der Waals surface area contributed by atoms with Crippen molar-refractivity contribution in [3.63, 3.8) is 0 Å². The molecule has 1 aromatic carbocycles. The number of nitrogens with one attached hydrogen (secondary N) is 1. The maximum absolute atomic E-state index is 12.6. The third-order valence-electron chi connectivity index (χ3n) is 4.25. The fraction of sp³-hybridized carbons (Fsp3) is 0.300. The van der Waals surface area contributed by atoms with Gasteiger partial charge in [-0.05, 0) is 38.1 Å². The van der Waals surface area contributed by atoms with Crippen LogP contribution in [0.15, 0.2) is 52.2 Å². The van der Waals surface area contributed by atoms with Crippen LogP contribution in [0.1, 0.15) is 30.5 Å². The lowest BCUT2D eigenvalue weighted by molar-refractivity contribution is -0.118. The van der Waals surface area contributed by atoms with E-state index in [0.29, 0.717) is 23.9 Å². The van der Waals surface area contributed by atoms with Crippen molar-refractivity contribution in [1.82, 2.24) is 14.8 Å². The van der Waals surface area contributed by atoms with Crippen LogP contribution in [-0.2, 0) is 22.6 Å². The van der Waals surface area contributed by atoms with Crippen LogP contribution in [0.2, 0.25) is 0 Å². The van der Waals surface area contributed by atoms with Gasteiger partial charge in [0.15, 0.2) is 5.16 Å². The Labute approximate surface area is 172 Å². The van der Waals surface area contributed by atoms with Gasteiger partial charge in [-0.2, -0.15) is 0 Å². The number of benzene rings is 1. The molecule has 1 unspecified atom stereocenters. The molecule has 0 aliphatic carbocycles. The number of primary amides is 1. The van der Waals surface area contributed by atoms with Crippen LogP contribution in [0.4, 0.5) is 5.69 Å². The Bertz CT molecular complexity index is 967. The summed E-state index contributed by atoms with van der Waals surface area (Å²) in [5, 5.41) is 11.5. The summed E-state index contributed by atoms with van der Waals surface area (Å²) in [5.74, 6) is 0.806. The van der Waals surface area contributed by atoms with Crippen molar-refractivity contribution >= 4 is 29.3 Å². The van der Waals surface area contributed by atoms with E-state index in [4.69, 9.17) is 10.2 Å². The molecule has 3 N–H and O–H groups in total. The Morgan fingerprint density at radius 2 is 2.00 bits per heavy atom. The number of amides is 2. The molecule has 0 aliphatic rings. The van der Waals surface area contributed by atoms with E-state index in [0.717, 1.165) is 17.0 Å². The molecule has 152 valence electrons. The van der Waals surface area contributed by atoms with Gasteiger partial charge in [-0.25, -0.2) is 0 Å². The Morgan fingerprint density at radius 1 is 1.24 bits per heavy atom. The molecule has 2 aromatic heterocycles. The number of aromatic nitrogens is 3. The predicted molar refractivity (Wildman–Crippen MR) is 110 cm³/mol. The second-order valence-electron chi connectivity index (χ2n) is 6.65. The van der Waals surface area contributed by atoms with E-state index in [1.165, 1.54) is 11.8 Å². The van der Waals surface area contributed by atoms with Crippen molar-refractivity contribution in [1.29, 1.82) is 0 Å². The summed E-state index contributed by atoms with van der Waals surface area (Å²) < 4.78 is 7.28. The molecule has 8 nitrogen and oxygen atoms in total. The molecule has 29 heavy (non-hydrogen) atoms. The lowest BCUT2D eigenvalue weighted by Gasteiger charge is -2.13. The Hall–Kier alpha value is -3.07. The van der Waals surface area contributed by atoms with Crippen molar-refractivity contribution in [3.8, 4) is 0 Å². The zero-order valence-corrected chi connectivity index (χ0v) is 17.1. The van der Waals surface area contributed by atoms with Gasteiger partial charge in [0.25, 0.3) is 0 Å². The fourth-order valence-corrected chi connectivity index (χ4v) is 3.50. The van der Waals surface area contributed by atoms with E-state index in [-0.39, 0.29) is 12.3 Å². The average molecular weight is 414 g/mol. The molecule has 2 amide bonds. The van der Waals surface area contributed by atoms with Crippen LogP contribution in [0.3, 0.4) is 0 Å². The number of nitrogens with zero attached hydrogens (tertiary/aromatic N) is 3. The van der Waals surface area contributed by atoms with Gasteiger partial charge in [0, 0.05) is 18.5 Å². The Kier molecular flexibility index (Phi) is 6.71. The SMILES string of the molecule is Cc1ccc(NC(=O)C(C)Sc2nnc(CCC(N)=O)n2Cc2ccco2)cc1. The van der Waals surface area contributed by atoms with Gasteiger partial charge in [-0.3, -0.25) is 14.2 Å². The third-order valence-corrected chi connectivity index (χ3v) is 5.33. The molecule has 0 spiro atoms. The van der Waals surface area contributed by atoms with E-state index >= 15 is 0 Å². The van der Waals surface area contributed by atoms with Crippen molar-refractivity contribution < 1.29 is 14.0 Å². The molecule has 0 aliphatic heterocycles. The summed E-state index contributed by atoms with van der Waals surface area (Å²) >= 11 is 1.30. The highest BCUT2D eigenvalue weighted by Crippen LogP contribution is 2.25. The van der Waals surface area contributed by atoms with Crippen molar-refractivity contribution in [2.24, 2.45) is 5.73 Å². The standard InChI is InChI=1S/C20H23N5O3S/c1-13-5-7-15(8-6-13)22-19(27)14(2)29-20-24-23-18(10-9-17(21)26)25(20)12-16-4-3-11-28-16/h3-8,11,14H,9-10,12H2,1-2H3,(H2,21,26)(H,22,27). The molecule has 3 aromatic rings. The van der Waals surface area contributed by atoms with Crippen LogP contribution < -0.4 is 11.1 Å². The zero-order valence-electron chi connectivity index (χ0n) is 16.3. The average Bonchev–Trinajstić information content (AvgIpc) is 3.33. The van der Waals surface area contributed by atoms with Gasteiger partial charge in [0.1, 0.15) is 11.6 Å². The number of anilines is 1. The maximum Gasteiger partial charge on any atom is 0.237 e. The van der Waals surface area contributed by atoms with E-state index in [9.17, 15) is 9.59 Å². The van der Waals surface area contributed by atoms with Crippen LogP contribution in [0.25, 0.3) is 0 Å². The van der Waals surface area contributed by atoms with E-state index in [2.05, 4.69) is 15.5 Å². The summed E-state index contributed by atoms with van der Waals surface area (Å²) in [5.41, 5.74) is 7.13. The predicted octanol–water partition coefficient (Wildman–Crippen LogP) is 2.77. The number of hydrogen-bond donors (Lipinski definition) is 2. The summed E-state index contributed by atoms with van der Waals surface area (Å²) in [4.78, 5) is 23.7. The first-order valence-corrected chi connectivity index (χ1v) is 10.1. The summed E-state index contributed by atoms with van der Waals surface area (Å²) in [6.07, 6.45) is 2.13. The molecule has 0 bridgehead atoms. The minimum atomic E-state index is -0.405. The summed E-state index contributed by atoms with van der Waals surface area (Å²) in [6, 6.07) is 11.3. The summed E-state index contributed by atoms with van der Waals surface area (Å²) in [7, 11) is 0. The van der Waals surface area contributed by atoms with Gasteiger partial charge in [0.05, 0.1) is 18.1 Å². The quantitative estimate of drug-likeness (QED) is 0.521. The minimum Gasteiger partial charge on any atom is -0.467 e. The third kappa shape index (κ3) is 5.71. The highest BCUT2D eigenvalue weighted by Gasteiger charge is 2.21. The fourth-order valence-electron chi connectivity index (χ4n) is 2.64. The molecule has 9 heteroatoms.